The SMILES string of the molecule is CC(C)Cc1ccc(C(NC(=O)CNC(=O)C2CCCC2)c2cccs2)cc1. The van der Waals surface area contributed by atoms with E-state index in [-0.39, 0.29) is 30.3 Å². The maximum Gasteiger partial charge on any atom is 0.240 e. The highest BCUT2D eigenvalue weighted by Crippen LogP contribution is 2.27. The van der Waals surface area contributed by atoms with Crippen LogP contribution < -0.4 is 10.6 Å². The standard InChI is InChI=1S/C23H30N2O2S/c1-16(2)14-17-9-11-18(12-10-17)22(20-8-5-13-28-20)25-21(26)15-24-23(27)19-6-3-4-7-19/h5,8-13,16,19,22H,3-4,6-7,14-15H2,1-2H3,(H,24,27)(H,25,26). The van der Waals surface area contributed by atoms with Crippen molar-refractivity contribution in [2.75, 3.05) is 6.54 Å². The highest BCUT2D eigenvalue weighted by Gasteiger charge is 2.23. The van der Waals surface area contributed by atoms with Crippen LogP contribution in [0.4, 0.5) is 0 Å². The molecule has 1 aromatic carbocycles. The molecule has 1 heterocycles. The first-order valence-corrected chi connectivity index (χ1v) is 11.1. The second-order valence-corrected chi connectivity index (χ2v) is 9.03. The van der Waals surface area contributed by atoms with Crippen LogP contribution in [0.15, 0.2) is 41.8 Å². The average molecular weight is 399 g/mol. The van der Waals surface area contributed by atoms with Crippen molar-refractivity contribution >= 4 is 23.2 Å². The van der Waals surface area contributed by atoms with Crippen molar-refractivity contribution in [1.82, 2.24) is 10.6 Å². The molecule has 0 bridgehead atoms. The van der Waals surface area contributed by atoms with Gasteiger partial charge in [0, 0.05) is 10.8 Å². The third-order valence-electron chi connectivity index (χ3n) is 5.24. The fourth-order valence-corrected chi connectivity index (χ4v) is 4.61. The quantitative estimate of drug-likeness (QED) is 0.690. The van der Waals surface area contributed by atoms with Gasteiger partial charge in [-0.05, 0) is 47.8 Å². The van der Waals surface area contributed by atoms with Gasteiger partial charge in [-0.25, -0.2) is 0 Å². The number of thiophene rings is 1. The normalized spacial score (nSPS) is 15.5. The Morgan fingerprint density at radius 2 is 1.82 bits per heavy atom. The molecule has 150 valence electrons. The first-order chi connectivity index (χ1) is 13.5. The maximum absolute atomic E-state index is 12.5. The van der Waals surface area contributed by atoms with Crippen molar-refractivity contribution in [1.29, 1.82) is 0 Å². The van der Waals surface area contributed by atoms with Gasteiger partial charge in [-0.2, -0.15) is 0 Å². The van der Waals surface area contributed by atoms with E-state index in [4.69, 9.17) is 0 Å². The van der Waals surface area contributed by atoms with Gasteiger partial charge in [-0.3, -0.25) is 9.59 Å². The van der Waals surface area contributed by atoms with Gasteiger partial charge in [-0.1, -0.05) is 57.0 Å². The Balaban J connectivity index is 1.63. The van der Waals surface area contributed by atoms with Gasteiger partial charge < -0.3 is 10.6 Å². The predicted molar refractivity (Wildman–Crippen MR) is 114 cm³/mol. The van der Waals surface area contributed by atoms with Gasteiger partial charge >= 0.3 is 0 Å². The van der Waals surface area contributed by atoms with Crippen LogP contribution in [-0.4, -0.2) is 18.4 Å². The zero-order valence-corrected chi connectivity index (χ0v) is 17.6. The zero-order valence-electron chi connectivity index (χ0n) is 16.7. The Morgan fingerprint density at radius 3 is 2.43 bits per heavy atom. The number of carbonyl (C=O) groups is 2. The highest BCUT2D eigenvalue weighted by atomic mass is 32.1. The van der Waals surface area contributed by atoms with Crippen LogP contribution in [0.3, 0.4) is 0 Å². The molecule has 5 heteroatoms. The number of carbonyl (C=O) groups excluding carboxylic acids is 2. The smallest absolute Gasteiger partial charge is 0.240 e. The molecule has 1 aromatic heterocycles. The van der Waals surface area contributed by atoms with Crippen LogP contribution in [-0.2, 0) is 16.0 Å². The van der Waals surface area contributed by atoms with Gasteiger partial charge in [0.1, 0.15) is 0 Å². The van der Waals surface area contributed by atoms with Gasteiger partial charge in [-0.15, -0.1) is 11.3 Å². The molecule has 1 saturated carbocycles. The van der Waals surface area contributed by atoms with Crippen molar-refractivity contribution in [3.05, 3.63) is 57.8 Å². The minimum Gasteiger partial charge on any atom is -0.347 e. The topological polar surface area (TPSA) is 58.2 Å². The number of rotatable bonds is 8. The summed E-state index contributed by atoms with van der Waals surface area (Å²) in [6.45, 7) is 4.45. The minimum absolute atomic E-state index is 0.0124. The van der Waals surface area contributed by atoms with Crippen LogP contribution in [0.2, 0.25) is 0 Å². The molecule has 1 aliphatic rings. The lowest BCUT2D eigenvalue weighted by molar-refractivity contribution is -0.128. The summed E-state index contributed by atoms with van der Waals surface area (Å²) in [6, 6.07) is 12.3. The molecule has 0 aliphatic heterocycles. The van der Waals surface area contributed by atoms with Gasteiger partial charge in [0.2, 0.25) is 11.8 Å². The van der Waals surface area contributed by atoms with Crippen molar-refractivity contribution in [2.45, 2.75) is 52.0 Å². The fraction of sp³-hybridized carbons (Fsp3) is 0.478. The molecule has 0 saturated heterocycles. The largest absolute Gasteiger partial charge is 0.347 e. The van der Waals surface area contributed by atoms with Gasteiger partial charge in [0.25, 0.3) is 0 Å². The van der Waals surface area contributed by atoms with Crippen LogP contribution in [0.25, 0.3) is 0 Å². The average Bonchev–Trinajstić information content (AvgIpc) is 3.38. The van der Waals surface area contributed by atoms with E-state index in [0.29, 0.717) is 5.92 Å². The summed E-state index contributed by atoms with van der Waals surface area (Å²) in [5, 5.41) is 7.93. The van der Waals surface area contributed by atoms with E-state index in [9.17, 15) is 9.59 Å². The fourth-order valence-electron chi connectivity index (χ4n) is 3.80. The molecule has 2 amide bonds. The molecule has 0 spiro atoms. The lowest BCUT2D eigenvalue weighted by atomic mass is 9.99. The molecule has 4 nitrogen and oxygen atoms in total. The first-order valence-electron chi connectivity index (χ1n) is 10.2. The molecule has 1 unspecified atom stereocenters. The second-order valence-electron chi connectivity index (χ2n) is 8.05. The minimum atomic E-state index is -0.191. The molecule has 28 heavy (non-hydrogen) atoms. The molecule has 3 rings (SSSR count). The van der Waals surface area contributed by atoms with Crippen LogP contribution in [0.5, 0.6) is 0 Å². The number of hydrogen-bond donors (Lipinski definition) is 2. The Labute approximate surface area is 171 Å². The van der Waals surface area contributed by atoms with E-state index in [2.05, 4.69) is 48.7 Å². The van der Waals surface area contributed by atoms with E-state index in [1.165, 1.54) is 5.56 Å². The zero-order chi connectivity index (χ0) is 19.9. The lowest BCUT2D eigenvalue weighted by Crippen LogP contribution is -2.40. The molecule has 1 fully saturated rings. The summed E-state index contributed by atoms with van der Waals surface area (Å²) < 4.78 is 0. The monoisotopic (exact) mass is 398 g/mol. The third kappa shape index (κ3) is 5.68. The summed E-state index contributed by atoms with van der Waals surface area (Å²) >= 11 is 1.63. The summed E-state index contributed by atoms with van der Waals surface area (Å²) in [7, 11) is 0. The van der Waals surface area contributed by atoms with Gasteiger partial charge in [0.15, 0.2) is 0 Å². The van der Waals surface area contributed by atoms with E-state index >= 15 is 0 Å². The van der Waals surface area contributed by atoms with Crippen molar-refractivity contribution in [3.63, 3.8) is 0 Å². The number of amides is 2. The number of hydrogen-bond acceptors (Lipinski definition) is 3. The van der Waals surface area contributed by atoms with Crippen LogP contribution >= 0.6 is 11.3 Å². The van der Waals surface area contributed by atoms with Crippen LogP contribution in [0, 0.1) is 11.8 Å². The summed E-state index contributed by atoms with van der Waals surface area (Å²) in [6.07, 6.45) is 5.14. The summed E-state index contributed by atoms with van der Waals surface area (Å²) in [5.74, 6) is 0.547. The lowest BCUT2D eigenvalue weighted by Gasteiger charge is -2.19. The Bertz CT molecular complexity index is 762. The molecule has 1 atom stereocenters. The van der Waals surface area contributed by atoms with E-state index < -0.39 is 0 Å². The molecule has 1 aliphatic carbocycles. The van der Waals surface area contributed by atoms with Gasteiger partial charge in [0.05, 0.1) is 12.6 Å². The van der Waals surface area contributed by atoms with Crippen LogP contribution in [0.1, 0.15) is 61.6 Å². The molecule has 0 radical (unpaired) electrons. The molecule has 2 N–H and O–H groups in total. The second kappa shape index (κ2) is 9.87. The third-order valence-corrected chi connectivity index (χ3v) is 6.18. The number of nitrogens with one attached hydrogen (secondary N) is 2. The van der Waals surface area contributed by atoms with E-state index in [1.807, 2.05) is 17.5 Å². The van der Waals surface area contributed by atoms with Crippen molar-refractivity contribution < 1.29 is 9.59 Å². The maximum atomic E-state index is 12.5. The Hall–Kier alpha value is -2.14. The van der Waals surface area contributed by atoms with Crippen molar-refractivity contribution in [2.24, 2.45) is 11.8 Å². The molecular weight excluding hydrogens is 368 g/mol. The first kappa shape index (κ1) is 20.6. The predicted octanol–water partition coefficient (Wildman–Crippen LogP) is 4.46. The Kier molecular flexibility index (Phi) is 7.26. The van der Waals surface area contributed by atoms with E-state index in [1.54, 1.807) is 11.3 Å². The molecule has 2 aromatic rings. The Morgan fingerprint density at radius 1 is 1.11 bits per heavy atom. The summed E-state index contributed by atoms with van der Waals surface area (Å²) in [5.41, 5.74) is 2.37. The molecular formula is C23H30N2O2S. The highest BCUT2D eigenvalue weighted by molar-refractivity contribution is 7.10. The number of benzene rings is 1. The van der Waals surface area contributed by atoms with Crippen molar-refractivity contribution in [3.8, 4) is 0 Å². The summed E-state index contributed by atoms with van der Waals surface area (Å²) in [4.78, 5) is 25.8. The van der Waals surface area contributed by atoms with E-state index in [0.717, 1.165) is 42.5 Å².